The lowest BCUT2D eigenvalue weighted by atomic mass is 10.1. The third-order valence-corrected chi connectivity index (χ3v) is 5.47. The zero-order valence-electron chi connectivity index (χ0n) is 17.2. The van der Waals surface area contributed by atoms with Crippen LogP contribution in [-0.2, 0) is 13.1 Å². The van der Waals surface area contributed by atoms with Gasteiger partial charge in [0.05, 0.1) is 6.54 Å². The fourth-order valence-corrected chi connectivity index (χ4v) is 3.89. The van der Waals surface area contributed by atoms with Crippen molar-refractivity contribution in [3.8, 4) is 0 Å². The van der Waals surface area contributed by atoms with Crippen molar-refractivity contribution in [1.29, 1.82) is 0 Å². The molecule has 3 aromatic rings. The van der Waals surface area contributed by atoms with E-state index in [-0.39, 0.29) is 0 Å². The summed E-state index contributed by atoms with van der Waals surface area (Å²) in [4.78, 5) is 13.6. The second-order valence-corrected chi connectivity index (χ2v) is 7.65. The van der Waals surface area contributed by atoms with Crippen LogP contribution in [0.5, 0.6) is 0 Å². The Balaban J connectivity index is 1.36. The van der Waals surface area contributed by atoms with Crippen LogP contribution in [0.3, 0.4) is 0 Å². The summed E-state index contributed by atoms with van der Waals surface area (Å²) in [6.45, 7) is 9.92. The molecule has 0 amide bonds. The maximum Gasteiger partial charge on any atom is 0.137 e. The van der Waals surface area contributed by atoms with Gasteiger partial charge in [0.1, 0.15) is 18.5 Å². The van der Waals surface area contributed by atoms with Crippen LogP contribution in [0.4, 0.5) is 11.5 Å². The molecule has 1 unspecified atom stereocenters. The molecule has 0 saturated carbocycles. The van der Waals surface area contributed by atoms with E-state index in [0.717, 1.165) is 45.1 Å². The number of nitrogens with zero attached hydrogens (tertiary/aromatic N) is 6. The zero-order chi connectivity index (χ0) is 20.1. The van der Waals surface area contributed by atoms with Gasteiger partial charge in [-0.2, -0.15) is 5.10 Å². The average molecular weight is 392 g/mol. The Bertz CT molecular complexity index is 901. The van der Waals surface area contributed by atoms with Crippen molar-refractivity contribution in [2.75, 3.05) is 36.0 Å². The van der Waals surface area contributed by atoms with Gasteiger partial charge in [-0.05, 0) is 31.5 Å². The average Bonchev–Trinajstić information content (AvgIpc) is 3.26. The molecule has 4 rings (SSSR count). The first-order valence-corrected chi connectivity index (χ1v) is 10.3. The number of rotatable bonds is 7. The van der Waals surface area contributed by atoms with Crippen LogP contribution >= 0.6 is 0 Å². The maximum absolute atomic E-state index is 4.71. The Labute approximate surface area is 172 Å². The zero-order valence-corrected chi connectivity index (χ0v) is 17.2. The summed E-state index contributed by atoms with van der Waals surface area (Å²) in [7, 11) is 0. The number of para-hydroxylation sites is 1. The molecule has 7 nitrogen and oxygen atoms in total. The molecular weight excluding hydrogens is 362 g/mol. The predicted molar refractivity (Wildman–Crippen MR) is 116 cm³/mol. The molecule has 1 N–H and O–H groups in total. The number of hydrogen-bond acceptors (Lipinski definition) is 6. The van der Waals surface area contributed by atoms with E-state index in [4.69, 9.17) is 4.98 Å². The minimum Gasteiger partial charge on any atom is -0.368 e. The predicted octanol–water partition coefficient (Wildman–Crippen LogP) is 2.49. The molecule has 2 aromatic heterocycles. The normalized spacial score (nSPS) is 15.5. The Morgan fingerprint density at radius 2 is 1.83 bits per heavy atom. The van der Waals surface area contributed by atoms with E-state index in [1.54, 1.807) is 12.7 Å². The van der Waals surface area contributed by atoms with Gasteiger partial charge in [-0.1, -0.05) is 24.3 Å². The smallest absolute Gasteiger partial charge is 0.137 e. The maximum atomic E-state index is 4.71. The van der Waals surface area contributed by atoms with E-state index < -0.39 is 0 Å². The summed E-state index contributed by atoms with van der Waals surface area (Å²) in [6, 6.07) is 13.1. The van der Waals surface area contributed by atoms with Gasteiger partial charge in [0.2, 0.25) is 0 Å². The van der Waals surface area contributed by atoms with Crippen molar-refractivity contribution in [1.82, 2.24) is 25.1 Å². The second kappa shape index (κ2) is 9.05. The molecule has 1 aliphatic rings. The summed E-state index contributed by atoms with van der Waals surface area (Å²) in [5.74, 6) is 1.09. The van der Waals surface area contributed by atoms with Crippen molar-refractivity contribution >= 4 is 11.5 Å². The first-order valence-electron chi connectivity index (χ1n) is 10.3. The number of aromatic nitrogens is 4. The summed E-state index contributed by atoms with van der Waals surface area (Å²) in [5, 5.41) is 7.77. The van der Waals surface area contributed by atoms with E-state index in [1.165, 1.54) is 16.8 Å². The highest BCUT2D eigenvalue weighted by atomic mass is 15.3. The molecule has 29 heavy (non-hydrogen) atoms. The van der Waals surface area contributed by atoms with Gasteiger partial charge < -0.3 is 15.1 Å². The molecule has 1 aromatic carbocycles. The van der Waals surface area contributed by atoms with Crippen molar-refractivity contribution in [2.24, 2.45) is 0 Å². The van der Waals surface area contributed by atoms with Crippen LogP contribution in [0.15, 0.2) is 55.2 Å². The van der Waals surface area contributed by atoms with Gasteiger partial charge in [-0.15, -0.1) is 0 Å². The van der Waals surface area contributed by atoms with E-state index in [0.29, 0.717) is 6.04 Å². The van der Waals surface area contributed by atoms with Gasteiger partial charge in [-0.3, -0.25) is 4.68 Å². The number of anilines is 2. The van der Waals surface area contributed by atoms with Crippen LogP contribution < -0.4 is 15.1 Å². The molecule has 1 atom stereocenters. The topological polar surface area (TPSA) is 62.1 Å². The molecule has 1 fully saturated rings. The van der Waals surface area contributed by atoms with Gasteiger partial charge in [0.25, 0.3) is 0 Å². The first-order chi connectivity index (χ1) is 14.2. The van der Waals surface area contributed by atoms with Crippen molar-refractivity contribution in [2.45, 2.75) is 33.0 Å². The third kappa shape index (κ3) is 4.74. The Morgan fingerprint density at radius 1 is 1.03 bits per heavy atom. The number of aryl methyl sites for hydroxylation is 1. The minimum atomic E-state index is 0.294. The monoisotopic (exact) mass is 391 g/mol. The lowest BCUT2D eigenvalue weighted by Gasteiger charge is -2.38. The SMILES string of the molecule is Cc1ccccc1N1CCN(c2ncccc2CNC(C)Cn2cncn2)CC1. The highest BCUT2D eigenvalue weighted by Gasteiger charge is 2.21. The standard InChI is InChI=1S/C22H29N7/c1-18-6-3-4-8-21(18)27-10-12-28(13-11-27)22-20(7-5-9-24-22)14-25-19(2)15-29-17-23-16-26-29/h3-9,16-17,19,25H,10-15H2,1-2H3. The Kier molecular flexibility index (Phi) is 6.05. The van der Waals surface area contributed by atoms with Crippen LogP contribution in [-0.4, -0.2) is 52.0 Å². The quantitative estimate of drug-likeness (QED) is 0.668. The fourth-order valence-electron chi connectivity index (χ4n) is 3.89. The fraction of sp³-hybridized carbons (Fsp3) is 0.409. The summed E-state index contributed by atoms with van der Waals surface area (Å²) >= 11 is 0. The van der Waals surface area contributed by atoms with Crippen LogP contribution in [0.25, 0.3) is 0 Å². The van der Waals surface area contributed by atoms with E-state index in [1.807, 2.05) is 16.9 Å². The Morgan fingerprint density at radius 3 is 2.59 bits per heavy atom. The molecule has 0 spiro atoms. The van der Waals surface area contributed by atoms with E-state index >= 15 is 0 Å². The summed E-state index contributed by atoms with van der Waals surface area (Å²) in [6.07, 6.45) is 5.22. The number of benzene rings is 1. The minimum absolute atomic E-state index is 0.294. The molecule has 0 bridgehead atoms. The number of pyridine rings is 1. The Hall–Kier alpha value is -2.93. The molecule has 7 heteroatoms. The van der Waals surface area contributed by atoms with E-state index in [9.17, 15) is 0 Å². The summed E-state index contributed by atoms with van der Waals surface area (Å²) < 4.78 is 1.85. The molecule has 3 heterocycles. The van der Waals surface area contributed by atoms with Crippen LogP contribution in [0, 0.1) is 6.92 Å². The van der Waals surface area contributed by atoms with Crippen molar-refractivity contribution < 1.29 is 0 Å². The largest absolute Gasteiger partial charge is 0.368 e. The summed E-state index contributed by atoms with van der Waals surface area (Å²) in [5.41, 5.74) is 3.92. The van der Waals surface area contributed by atoms with Crippen LogP contribution in [0.2, 0.25) is 0 Å². The molecule has 1 aliphatic heterocycles. The molecular formula is C22H29N7. The van der Waals surface area contributed by atoms with Crippen molar-refractivity contribution in [3.05, 3.63) is 66.4 Å². The number of nitrogens with one attached hydrogen (secondary N) is 1. The van der Waals surface area contributed by atoms with Gasteiger partial charge in [0, 0.05) is 56.2 Å². The highest BCUT2D eigenvalue weighted by Crippen LogP contribution is 2.24. The van der Waals surface area contributed by atoms with E-state index in [2.05, 4.69) is 69.4 Å². The molecule has 152 valence electrons. The highest BCUT2D eigenvalue weighted by molar-refractivity contribution is 5.55. The van der Waals surface area contributed by atoms with Gasteiger partial charge >= 0.3 is 0 Å². The van der Waals surface area contributed by atoms with Gasteiger partial charge in [0.15, 0.2) is 0 Å². The molecule has 0 aliphatic carbocycles. The lowest BCUT2D eigenvalue weighted by molar-refractivity contribution is 0.449. The number of piperazine rings is 1. The van der Waals surface area contributed by atoms with Gasteiger partial charge in [-0.25, -0.2) is 9.97 Å². The van der Waals surface area contributed by atoms with Crippen LogP contribution in [0.1, 0.15) is 18.1 Å². The second-order valence-electron chi connectivity index (χ2n) is 7.65. The molecule has 1 saturated heterocycles. The van der Waals surface area contributed by atoms with Crippen molar-refractivity contribution in [3.63, 3.8) is 0 Å². The molecule has 0 radical (unpaired) electrons. The first kappa shape index (κ1) is 19.4. The number of hydrogen-bond donors (Lipinski definition) is 1. The third-order valence-electron chi connectivity index (χ3n) is 5.47. The lowest BCUT2D eigenvalue weighted by Crippen LogP contribution is -2.47.